The molecule has 0 bridgehead atoms. The molecule has 2 amide bonds. The van der Waals surface area contributed by atoms with Crippen LogP contribution < -0.4 is 10.6 Å². The molecule has 0 aliphatic heterocycles. The van der Waals surface area contributed by atoms with E-state index in [-0.39, 0.29) is 18.5 Å². The molecule has 2 atom stereocenters. The van der Waals surface area contributed by atoms with E-state index in [1.807, 2.05) is 19.9 Å². The van der Waals surface area contributed by atoms with Crippen molar-refractivity contribution < 1.29 is 9.90 Å². The highest BCUT2D eigenvalue weighted by Gasteiger charge is 2.27. The van der Waals surface area contributed by atoms with Gasteiger partial charge in [-0.25, -0.2) is 4.79 Å². The maximum atomic E-state index is 11.7. The molecule has 2 unspecified atom stereocenters. The first kappa shape index (κ1) is 16.0. The first-order chi connectivity index (χ1) is 9.39. The van der Waals surface area contributed by atoms with E-state index >= 15 is 0 Å². The van der Waals surface area contributed by atoms with Crippen LogP contribution >= 0.6 is 0 Å². The third kappa shape index (κ3) is 4.56. The fourth-order valence-electron chi connectivity index (χ4n) is 1.68. The number of amides is 2. The molecule has 0 radical (unpaired) electrons. The summed E-state index contributed by atoms with van der Waals surface area (Å²) in [5, 5.41) is 24.2. The Balaban J connectivity index is 2.49. The number of aliphatic hydroxyl groups is 1. The minimum atomic E-state index is -0.934. The largest absolute Gasteiger partial charge is 0.388 e. The molecule has 108 valence electrons. The van der Waals surface area contributed by atoms with Gasteiger partial charge < -0.3 is 15.7 Å². The van der Waals surface area contributed by atoms with Crippen molar-refractivity contribution in [2.75, 3.05) is 11.9 Å². The predicted molar refractivity (Wildman–Crippen MR) is 78.3 cm³/mol. The van der Waals surface area contributed by atoms with E-state index < -0.39 is 5.60 Å². The van der Waals surface area contributed by atoms with E-state index in [0.29, 0.717) is 11.3 Å². The topological polar surface area (TPSA) is 85.2 Å². The number of anilines is 1. The highest BCUT2D eigenvalue weighted by Crippen LogP contribution is 2.18. The number of hydrogen-bond acceptors (Lipinski definition) is 3. The Morgan fingerprint density at radius 1 is 1.45 bits per heavy atom. The highest BCUT2D eigenvalue weighted by molar-refractivity contribution is 5.89. The first-order valence-corrected chi connectivity index (χ1v) is 6.66. The Morgan fingerprint density at radius 3 is 2.55 bits per heavy atom. The summed E-state index contributed by atoms with van der Waals surface area (Å²) >= 11 is 0. The average Bonchev–Trinajstić information content (AvgIpc) is 2.45. The van der Waals surface area contributed by atoms with Gasteiger partial charge in [0.05, 0.1) is 17.2 Å². The van der Waals surface area contributed by atoms with Gasteiger partial charge in [0.1, 0.15) is 0 Å². The molecule has 3 N–H and O–H groups in total. The maximum absolute atomic E-state index is 11.7. The average molecular weight is 275 g/mol. The summed E-state index contributed by atoms with van der Waals surface area (Å²) in [6.07, 6.45) is 0.839. The van der Waals surface area contributed by atoms with Crippen molar-refractivity contribution in [2.45, 2.75) is 32.8 Å². The van der Waals surface area contributed by atoms with E-state index in [4.69, 9.17) is 5.26 Å². The van der Waals surface area contributed by atoms with Crippen LogP contribution in [0.1, 0.15) is 32.8 Å². The first-order valence-electron chi connectivity index (χ1n) is 6.66. The van der Waals surface area contributed by atoms with Crippen LogP contribution in [0.4, 0.5) is 10.5 Å². The summed E-state index contributed by atoms with van der Waals surface area (Å²) in [5.41, 5.74) is 0.205. The quantitative estimate of drug-likeness (QED) is 0.771. The fourth-order valence-corrected chi connectivity index (χ4v) is 1.68. The standard InChI is InChI=1S/C15H21N3O2/c1-4-11(2)15(3,20)10-17-14(19)18-13-7-5-12(9-16)6-8-13/h5-8,11,20H,4,10H2,1-3H3,(H2,17,18,19). The third-order valence-corrected chi connectivity index (χ3v) is 3.55. The summed E-state index contributed by atoms with van der Waals surface area (Å²) in [5.74, 6) is 0.0951. The molecule has 0 saturated heterocycles. The van der Waals surface area contributed by atoms with Crippen LogP contribution in [-0.4, -0.2) is 23.3 Å². The molecule has 0 heterocycles. The van der Waals surface area contributed by atoms with Crippen LogP contribution in [0.3, 0.4) is 0 Å². The third-order valence-electron chi connectivity index (χ3n) is 3.55. The second-order valence-electron chi connectivity index (χ2n) is 5.16. The molecular weight excluding hydrogens is 254 g/mol. The summed E-state index contributed by atoms with van der Waals surface area (Å²) in [6, 6.07) is 8.21. The number of carbonyl (C=O) groups excluding carboxylic acids is 1. The molecule has 5 heteroatoms. The Bertz CT molecular complexity index is 489. The SMILES string of the molecule is CCC(C)C(C)(O)CNC(=O)Nc1ccc(C#N)cc1. The van der Waals surface area contributed by atoms with Crippen molar-refractivity contribution in [2.24, 2.45) is 5.92 Å². The molecule has 0 spiro atoms. The van der Waals surface area contributed by atoms with E-state index in [1.165, 1.54) is 0 Å². The molecular formula is C15H21N3O2. The smallest absolute Gasteiger partial charge is 0.319 e. The van der Waals surface area contributed by atoms with Gasteiger partial charge in [-0.15, -0.1) is 0 Å². The fraction of sp³-hybridized carbons (Fsp3) is 0.467. The number of carbonyl (C=O) groups is 1. The lowest BCUT2D eigenvalue weighted by atomic mass is 9.89. The van der Waals surface area contributed by atoms with Crippen molar-refractivity contribution in [1.82, 2.24) is 5.32 Å². The Hall–Kier alpha value is -2.06. The van der Waals surface area contributed by atoms with Crippen LogP contribution in [-0.2, 0) is 0 Å². The van der Waals surface area contributed by atoms with Crippen LogP contribution in [0, 0.1) is 17.2 Å². The normalized spacial score (nSPS) is 14.8. The van der Waals surface area contributed by atoms with Gasteiger partial charge in [0.15, 0.2) is 0 Å². The molecule has 1 aromatic carbocycles. The Labute approximate surface area is 119 Å². The van der Waals surface area contributed by atoms with Crippen LogP contribution in [0.2, 0.25) is 0 Å². The van der Waals surface area contributed by atoms with E-state index in [9.17, 15) is 9.90 Å². The summed E-state index contributed by atoms with van der Waals surface area (Å²) < 4.78 is 0. The van der Waals surface area contributed by atoms with Gasteiger partial charge in [-0.05, 0) is 37.1 Å². The van der Waals surface area contributed by atoms with Gasteiger partial charge in [-0.2, -0.15) is 5.26 Å². The highest BCUT2D eigenvalue weighted by atomic mass is 16.3. The van der Waals surface area contributed by atoms with Crippen molar-refractivity contribution in [3.05, 3.63) is 29.8 Å². The Morgan fingerprint density at radius 2 is 2.05 bits per heavy atom. The number of nitriles is 1. The second-order valence-corrected chi connectivity index (χ2v) is 5.16. The molecule has 20 heavy (non-hydrogen) atoms. The molecule has 0 fully saturated rings. The number of benzene rings is 1. The van der Waals surface area contributed by atoms with Gasteiger partial charge in [-0.1, -0.05) is 20.3 Å². The van der Waals surface area contributed by atoms with Crippen molar-refractivity contribution in [3.8, 4) is 6.07 Å². The van der Waals surface area contributed by atoms with Gasteiger partial charge in [-0.3, -0.25) is 0 Å². The van der Waals surface area contributed by atoms with Crippen LogP contribution in [0.15, 0.2) is 24.3 Å². The summed E-state index contributed by atoms with van der Waals surface area (Å²) in [7, 11) is 0. The molecule has 0 aliphatic rings. The zero-order valence-electron chi connectivity index (χ0n) is 12.1. The van der Waals surface area contributed by atoms with E-state index in [2.05, 4.69) is 10.6 Å². The van der Waals surface area contributed by atoms with E-state index in [1.54, 1.807) is 31.2 Å². The number of nitrogens with one attached hydrogen (secondary N) is 2. The molecule has 0 aliphatic carbocycles. The van der Waals surface area contributed by atoms with Gasteiger partial charge in [0.2, 0.25) is 0 Å². The molecule has 1 aromatic rings. The van der Waals surface area contributed by atoms with Gasteiger partial charge in [0.25, 0.3) is 0 Å². The lowest BCUT2D eigenvalue weighted by Crippen LogP contribution is -2.46. The molecule has 0 saturated carbocycles. The minimum Gasteiger partial charge on any atom is -0.388 e. The minimum absolute atomic E-state index is 0.0951. The van der Waals surface area contributed by atoms with Crippen LogP contribution in [0.25, 0.3) is 0 Å². The number of urea groups is 1. The number of nitrogens with zero attached hydrogens (tertiary/aromatic N) is 1. The van der Waals surface area contributed by atoms with Crippen molar-refractivity contribution >= 4 is 11.7 Å². The lowest BCUT2D eigenvalue weighted by molar-refractivity contribution is 0.00827. The second kappa shape index (κ2) is 6.92. The van der Waals surface area contributed by atoms with Crippen LogP contribution in [0.5, 0.6) is 0 Å². The number of hydrogen-bond donors (Lipinski definition) is 3. The van der Waals surface area contributed by atoms with Gasteiger partial charge >= 0.3 is 6.03 Å². The summed E-state index contributed by atoms with van der Waals surface area (Å²) in [4.78, 5) is 11.7. The van der Waals surface area contributed by atoms with Crippen molar-refractivity contribution in [3.63, 3.8) is 0 Å². The molecule has 5 nitrogen and oxygen atoms in total. The molecule has 0 aromatic heterocycles. The zero-order chi connectivity index (χ0) is 15.2. The van der Waals surface area contributed by atoms with E-state index in [0.717, 1.165) is 6.42 Å². The molecule has 1 rings (SSSR count). The number of rotatable bonds is 5. The maximum Gasteiger partial charge on any atom is 0.319 e. The van der Waals surface area contributed by atoms with Crippen molar-refractivity contribution in [1.29, 1.82) is 5.26 Å². The summed E-state index contributed by atoms with van der Waals surface area (Å²) in [6.45, 7) is 5.84. The lowest BCUT2D eigenvalue weighted by Gasteiger charge is -2.29. The Kier molecular flexibility index (Phi) is 5.53. The van der Waals surface area contributed by atoms with Gasteiger partial charge in [0, 0.05) is 12.2 Å². The zero-order valence-corrected chi connectivity index (χ0v) is 12.1. The predicted octanol–water partition coefficient (Wildman–Crippen LogP) is 2.48. The monoisotopic (exact) mass is 275 g/mol.